The van der Waals surface area contributed by atoms with Crippen molar-refractivity contribution in [1.29, 1.82) is 0 Å². The van der Waals surface area contributed by atoms with E-state index in [0.29, 0.717) is 39.4 Å². The van der Waals surface area contributed by atoms with Crippen LogP contribution in [0, 0.1) is 0 Å². The van der Waals surface area contributed by atoms with E-state index in [1.54, 1.807) is 9.80 Å². The lowest BCUT2D eigenvalue weighted by molar-refractivity contribution is -0.135. The van der Waals surface area contributed by atoms with Gasteiger partial charge in [0.2, 0.25) is 5.91 Å². The fourth-order valence-corrected chi connectivity index (χ4v) is 2.17. The van der Waals surface area contributed by atoms with E-state index in [1.807, 2.05) is 13.8 Å². The molecule has 18 heavy (non-hydrogen) atoms. The van der Waals surface area contributed by atoms with E-state index in [2.05, 4.69) is 0 Å². The standard InChI is InChI=1S/C12H22F2N2O2/c1-3-15(4-2)11(17)9-10(12(13)14)16-5-7-18-8-6-16/h10,12H,3-9H2,1-2H3. The molecule has 1 atom stereocenters. The molecule has 1 rings (SSSR count). The number of halogens is 2. The molecule has 0 aromatic rings. The Hall–Kier alpha value is -0.750. The summed E-state index contributed by atoms with van der Waals surface area (Å²) in [6.45, 7) is 6.70. The van der Waals surface area contributed by atoms with Crippen LogP contribution in [0.1, 0.15) is 20.3 Å². The number of rotatable bonds is 6. The van der Waals surface area contributed by atoms with Crippen molar-refractivity contribution in [2.45, 2.75) is 32.7 Å². The molecule has 1 heterocycles. The van der Waals surface area contributed by atoms with E-state index >= 15 is 0 Å². The third-order valence-corrected chi connectivity index (χ3v) is 3.31. The molecular weight excluding hydrogens is 242 g/mol. The Bertz CT molecular complexity index is 254. The molecule has 0 aliphatic carbocycles. The highest BCUT2D eigenvalue weighted by molar-refractivity contribution is 5.76. The molecule has 0 bridgehead atoms. The fraction of sp³-hybridized carbons (Fsp3) is 0.917. The van der Waals surface area contributed by atoms with Crippen molar-refractivity contribution in [3.8, 4) is 0 Å². The summed E-state index contributed by atoms with van der Waals surface area (Å²) in [7, 11) is 0. The Kier molecular flexibility index (Phi) is 6.49. The van der Waals surface area contributed by atoms with Crippen molar-refractivity contribution in [3.63, 3.8) is 0 Å². The molecule has 0 aromatic heterocycles. The van der Waals surface area contributed by atoms with Gasteiger partial charge in [0.25, 0.3) is 6.43 Å². The normalized spacial score (nSPS) is 18.9. The van der Waals surface area contributed by atoms with Crippen molar-refractivity contribution >= 4 is 5.91 Å². The van der Waals surface area contributed by atoms with Crippen molar-refractivity contribution in [1.82, 2.24) is 9.80 Å². The highest BCUT2D eigenvalue weighted by Crippen LogP contribution is 2.16. The molecule has 1 aliphatic rings. The highest BCUT2D eigenvalue weighted by atomic mass is 19.3. The zero-order valence-corrected chi connectivity index (χ0v) is 11.1. The summed E-state index contributed by atoms with van der Waals surface area (Å²) < 4.78 is 31.3. The fourth-order valence-electron chi connectivity index (χ4n) is 2.17. The number of morpholine rings is 1. The maximum absolute atomic E-state index is 13.1. The topological polar surface area (TPSA) is 32.8 Å². The lowest BCUT2D eigenvalue weighted by Gasteiger charge is -2.34. The summed E-state index contributed by atoms with van der Waals surface area (Å²) in [6, 6.07) is -0.984. The van der Waals surface area contributed by atoms with Crippen molar-refractivity contribution < 1.29 is 18.3 Å². The molecule has 0 spiro atoms. The monoisotopic (exact) mass is 264 g/mol. The van der Waals surface area contributed by atoms with Gasteiger partial charge in [-0.15, -0.1) is 0 Å². The van der Waals surface area contributed by atoms with Crippen LogP contribution in [0.3, 0.4) is 0 Å². The molecule has 0 saturated carbocycles. The number of alkyl halides is 2. The first-order valence-electron chi connectivity index (χ1n) is 6.47. The van der Waals surface area contributed by atoms with Gasteiger partial charge in [0.1, 0.15) is 0 Å². The molecule has 1 unspecified atom stereocenters. The van der Waals surface area contributed by atoms with Crippen LogP contribution in [0.4, 0.5) is 8.78 Å². The first-order valence-corrected chi connectivity index (χ1v) is 6.47. The smallest absolute Gasteiger partial charge is 0.254 e. The van der Waals surface area contributed by atoms with E-state index in [-0.39, 0.29) is 12.3 Å². The van der Waals surface area contributed by atoms with E-state index < -0.39 is 12.5 Å². The SMILES string of the molecule is CCN(CC)C(=O)CC(C(F)F)N1CCOCC1. The van der Waals surface area contributed by atoms with Gasteiger partial charge < -0.3 is 9.64 Å². The number of carbonyl (C=O) groups is 1. The first-order chi connectivity index (χ1) is 8.60. The second-order valence-corrected chi connectivity index (χ2v) is 4.32. The molecule has 1 saturated heterocycles. The molecule has 0 N–H and O–H groups in total. The van der Waals surface area contributed by atoms with Crippen LogP contribution in [0.2, 0.25) is 0 Å². The molecular formula is C12H22F2N2O2. The summed E-state index contributed by atoms with van der Waals surface area (Å²) >= 11 is 0. The lowest BCUT2D eigenvalue weighted by Crippen LogP contribution is -2.49. The van der Waals surface area contributed by atoms with Gasteiger partial charge in [0, 0.05) is 32.6 Å². The lowest BCUT2D eigenvalue weighted by atomic mass is 10.1. The number of carbonyl (C=O) groups excluding carboxylic acids is 1. The summed E-state index contributed by atoms with van der Waals surface area (Å²) in [6.07, 6.45) is -2.61. The number of nitrogens with zero attached hydrogens (tertiary/aromatic N) is 2. The van der Waals surface area contributed by atoms with Gasteiger partial charge in [0.05, 0.1) is 19.3 Å². The van der Waals surface area contributed by atoms with Crippen molar-refractivity contribution in [2.75, 3.05) is 39.4 Å². The Morgan fingerprint density at radius 1 is 1.28 bits per heavy atom. The largest absolute Gasteiger partial charge is 0.379 e. The minimum absolute atomic E-state index is 0.112. The van der Waals surface area contributed by atoms with Gasteiger partial charge in [0.15, 0.2) is 0 Å². The third kappa shape index (κ3) is 4.17. The average Bonchev–Trinajstić information content (AvgIpc) is 2.38. The van der Waals surface area contributed by atoms with E-state index in [4.69, 9.17) is 4.74 Å². The summed E-state index contributed by atoms with van der Waals surface area (Å²) in [5.41, 5.74) is 0. The maximum atomic E-state index is 13.1. The third-order valence-electron chi connectivity index (χ3n) is 3.31. The number of hydrogen-bond acceptors (Lipinski definition) is 3. The van der Waals surface area contributed by atoms with E-state index in [9.17, 15) is 13.6 Å². The van der Waals surface area contributed by atoms with Gasteiger partial charge in [-0.2, -0.15) is 0 Å². The Balaban J connectivity index is 2.59. The minimum atomic E-state index is -2.50. The van der Waals surface area contributed by atoms with Crippen LogP contribution in [-0.2, 0) is 9.53 Å². The van der Waals surface area contributed by atoms with E-state index in [1.165, 1.54) is 0 Å². The van der Waals surface area contributed by atoms with Gasteiger partial charge in [-0.3, -0.25) is 9.69 Å². The molecule has 4 nitrogen and oxygen atoms in total. The molecule has 106 valence electrons. The predicted octanol–water partition coefficient (Wildman–Crippen LogP) is 1.21. The average molecular weight is 264 g/mol. The van der Waals surface area contributed by atoms with Crippen LogP contribution in [0.5, 0.6) is 0 Å². The summed E-state index contributed by atoms with van der Waals surface area (Å²) in [5, 5.41) is 0. The molecule has 0 radical (unpaired) electrons. The maximum Gasteiger partial charge on any atom is 0.254 e. The Morgan fingerprint density at radius 3 is 2.28 bits per heavy atom. The van der Waals surface area contributed by atoms with E-state index in [0.717, 1.165) is 0 Å². The predicted molar refractivity (Wildman–Crippen MR) is 64.7 cm³/mol. The second kappa shape index (κ2) is 7.63. The van der Waals surface area contributed by atoms with Crippen LogP contribution < -0.4 is 0 Å². The Morgan fingerprint density at radius 2 is 1.83 bits per heavy atom. The van der Waals surface area contributed by atoms with Crippen LogP contribution in [-0.4, -0.2) is 67.6 Å². The van der Waals surface area contributed by atoms with Crippen LogP contribution >= 0.6 is 0 Å². The minimum Gasteiger partial charge on any atom is -0.379 e. The summed E-state index contributed by atoms with van der Waals surface area (Å²) in [5.74, 6) is -0.197. The quantitative estimate of drug-likeness (QED) is 0.723. The zero-order valence-electron chi connectivity index (χ0n) is 11.1. The van der Waals surface area contributed by atoms with Gasteiger partial charge in [-0.25, -0.2) is 8.78 Å². The van der Waals surface area contributed by atoms with Crippen molar-refractivity contribution in [3.05, 3.63) is 0 Å². The molecule has 0 aromatic carbocycles. The Labute approximate surface area is 107 Å². The van der Waals surface area contributed by atoms with Gasteiger partial charge >= 0.3 is 0 Å². The van der Waals surface area contributed by atoms with Gasteiger partial charge in [-0.1, -0.05) is 0 Å². The number of amides is 1. The molecule has 1 fully saturated rings. The van der Waals surface area contributed by atoms with Crippen molar-refractivity contribution in [2.24, 2.45) is 0 Å². The second-order valence-electron chi connectivity index (χ2n) is 4.32. The van der Waals surface area contributed by atoms with Crippen LogP contribution in [0.15, 0.2) is 0 Å². The first kappa shape index (κ1) is 15.3. The van der Waals surface area contributed by atoms with Gasteiger partial charge in [-0.05, 0) is 13.8 Å². The van der Waals surface area contributed by atoms with Crippen LogP contribution in [0.25, 0.3) is 0 Å². The number of hydrogen-bond donors (Lipinski definition) is 0. The number of ether oxygens (including phenoxy) is 1. The highest BCUT2D eigenvalue weighted by Gasteiger charge is 2.31. The molecule has 6 heteroatoms. The zero-order chi connectivity index (χ0) is 13.5. The molecule has 1 aliphatic heterocycles. The molecule has 1 amide bonds. The summed E-state index contributed by atoms with van der Waals surface area (Å²) in [4.78, 5) is 15.2.